The van der Waals surface area contributed by atoms with Gasteiger partial charge in [0, 0.05) is 0 Å². The predicted octanol–water partition coefficient (Wildman–Crippen LogP) is 5.52. The molecule has 0 heteroatoms. The summed E-state index contributed by atoms with van der Waals surface area (Å²) in [4.78, 5) is 0. The van der Waals surface area contributed by atoms with Gasteiger partial charge in [0.2, 0.25) is 0 Å². The molecule has 4 aliphatic rings. The van der Waals surface area contributed by atoms with Crippen LogP contribution in [0.3, 0.4) is 0 Å². The maximum Gasteiger partial charge on any atom is -0.0204 e. The van der Waals surface area contributed by atoms with Gasteiger partial charge in [0.15, 0.2) is 0 Å². The highest BCUT2D eigenvalue weighted by molar-refractivity contribution is 5.12. The Hall–Kier alpha value is 0. The maximum atomic E-state index is 2.05. The summed E-state index contributed by atoms with van der Waals surface area (Å²) in [5.41, 5.74) is 0.821. The summed E-state index contributed by atoms with van der Waals surface area (Å²) in [6.07, 6.45) is 20.2. The van der Waals surface area contributed by atoms with Crippen molar-refractivity contribution in [1.82, 2.24) is 0 Å². The Bertz CT molecular complexity index is 295. The minimum Gasteiger partial charge on any atom is -0.0525 e. The largest absolute Gasteiger partial charge is 0.0525 e. The monoisotopic (exact) mass is 245 g/mol. The predicted molar refractivity (Wildman–Crippen MR) is 76.2 cm³/mol. The third-order valence-corrected chi connectivity index (χ3v) is 7.24. The van der Waals surface area contributed by atoms with Crippen LogP contribution in [0.15, 0.2) is 0 Å². The molecule has 18 heavy (non-hydrogen) atoms. The highest BCUT2D eigenvalue weighted by Crippen LogP contribution is 2.63. The summed E-state index contributed by atoms with van der Waals surface area (Å²) >= 11 is 0. The van der Waals surface area contributed by atoms with Crippen molar-refractivity contribution >= 4 is 0 Å². The molecule has 0 spiro atoms. The number of fused-ring (bicyclic) bond motifs is 4. The van der Waals surface area contributed by atoms with Crippen molar-refractivity contribution in [2.75, 3.05) is 0 Å². The first-order valence-electron chi connectivity index (χ1n) is 8.73. The Morgan fingerprint density at radius 3 is 2.39 bits per heavy atom. The van der Waals surface area contributed by atoms with Crippen LogP contribution in [0.25, 0.3) is 0 Å². The molecule has 0 aromatic heterocycles. The molecule has 4 rings (SSSR count). The number of hydrogen-bond acceptors (Lipinski definition) is 0. The summed E-state index contributed by atoms with van der Waals surface area (Å²) in [7, 11) is 0. The second kappa shape index (κ2) is 4.53. The van der Waals surface area contributed by atoms with Crippen molar-refractivity contribution in [3.05, 3.63) is 5.92 Å². The lowest BCUT2D eigenvalue weighted by molar-refractivity contribution is 0.118. The van der Waals surface area contributed by atoms with Gasteiger partial charge in [-0.3, -0.25) is 0 Å². The minimum absolute atomic E-state index is 0.821. The summed E-state index contributed by atoms with van der Waals surface area (Å²) in [6, 6.07) is 0. The van der Waals surface area contributed by atoms with E-state index in [1.54, 1.807) is 64.2 Å². The highest BCUT2D eigenvalue weighted by Gasteiger charge is 2.53. The summed E-state index contributed by atoms with van der Waals surface area (Å²) in [6.45, 7) is 0. The molecular weight excluding hydrogens is 216 g/mol. The average Bonchev–Trinajstić information content (AvgIpc) is 2.75. The summed E-state index contributed by atoms with van der Waals surface area (Å²) < 4.78 is 0. The Morgan fingerprint density at radius 1 is 0.722 bits per heavy atom. The SMILES string of the molecule is C1C[C]2CCC(C1)CCC2C12CCCC1CCC2. The molecule has 1 radical (unpaired) electrons. The number of hydrogen-bond donors (Lipinski definition) is 0. The standard InChI is InChI=1S/C18H29/c1-4-14-8-10-15(5-1)17(11-9-14)18-12-2-6-16(18)7-3-13-18/h14,16-17H,1-13H2. The van der Waals surface area contributed by atoms with E-state index in [0.717, 1.165) is 23.2 Å². The topological polar surface area (TPSA) is 0 Å². The molecule has 4 saturated carbocycles. The second-order valence-corrected chi connectivity index (χ2v) is 7.80. The molecule has 4 fully saturated rings. The second-order valence-electron chi connectivity index (χ2n) is 7.80. The lowest BCUT2D eigenvalue weighted by atomic mass is 9.62. The van der Waals surface area contributed by atoms with Crippen LogP contribution in [0.5, 0.6) is 0 Å². The molecular formula is C18H29. The van der Waals surface area contributed by atoms with E-state index in [1.807, 2.05) is 5.92 Å². The van der Waals surface area contributed by atoms with Gasteiger partial charge in [0.1, 0.15) is 0 Å². The zero-order valence-electron chi connectivity index (χ0n) is 11.9. The zero-order chi connectivity index (χ0) is 12.0. The van der Waals surface area contributed by atoms with Crippen LogP contribution in [0.2, 0.25) is 0 Å². The van der Waals surface area contributed by atoms with E-state index in [2.05, 4.69) is 0 Å². The van der Waals surface area contributed by atoms with Crippen LogP contribution in [-0.4, -0.2) is 0 Å². The molecule has 0 saturated heterocycles. The maximum absolute atomic E-state index is 2.05. The molecule has 0 aromatic carbocycles. The normalized spacial score (nSPS) is 49.0. The molecule has 2 bridgehead atoms. The molecule has 0 aromatic rings. The van der Waals surface area contributed by atoms with E-state index in [9.17, 15) is 0 Å². The highest BCUT2D eigenvalue weighted by atomic mass is 14.6. The first-order chi connectivity index (χ1) is 8.88. The van der Waals surface area contributed by atoms with E-state index in [4.69, 9.17) is 0 Å². The average molecular weight is 245 g/mol. The van der Waals surface area contributed by atoms with Crippen LogP contribution in [0, 0.1) is 29.1 Å². The fraction of sp³-hybridized carbons (Fsp3) is 0.944. The third-order valence-electron chi connectivity index (χ3n) is 7.24. The van der Waals surface area contributed by atoms with Crippen molar-refractivity contribution < 1.29 is 0 Å². The Balaban J connectivity index is 1.62. The van der Waals surface area contributed by atoms with Gasteiger partial charge in [0.25, 0.3) is 0 Å². The van der Waals surface area contributed by atoms with E-state index in [0.29, 0.717) is 0 Å². The molecule has 0 N–H and O–H groups in total. The molecule has 4 aliphatic carbocycles. The molecule has 0 nitrogen and oxygen atoms in total. The van der Waals surface area contributed by atoms with Crippen LogP contribution in [0.4, 0.5) is 0 Å². The Morgan fingerprint density at radius 2 is 1.56 bits per heavy atom. The molecule has 0 aliphatic heterocycles. The van der Waals surface area contributed by atoms with Gasteiger partial charge < -0.3 is 0 Å². The van der Waals surface area contributed by atoms with Crippen LogP contribution < -0.4 is 0 Å². The van der Waals surface area contributed by atoms with Gasteiger partial charge in [-0.25, -0.2) is 0 Å². The van der Waals surface area contributed by atoms with E-state index in [1.165, 1.54) is 19.3 Å². The Labute approximate surface area is 113 Å². The van der Waals surface area contributed by atoms with Gasteiger partial charge in [-0.05, 0) is 80.5 Å². The third kappa shape index (κ3) is 1.70. The van der Waals surface area contributed by atoms with E-state index < -0.39 is 0 Å². The number of rotatable bonds is 1. The van der Waals surface area contributed by atoms with Crippen molar-refractivity contribution in [2.45, 2.75) is 83.5 Å². The lowest BCUT2D eigenvalue weighted by Crippen LogP contribution is -2.34. The van der Waals surface area contributed by atoms with Crippen molar-refractivity contribution in [3.63, 3.8) is 0 Å². The fourth-order valence-corrected chi connectivity index (χ4v) is 6.45. The van der Waals surface area contributed by atoms with Gasteiger partial charge in [-0.15, -0.1) is 0 Å². The van der Waals surface area contributed by atoms with Crippen LogP contribution >= 0.6 is 0 Å². The summed E-state index contributed by atoms with van der Waals surface area (Å²) in [5, 5.41) is 0. The van der Waals surface area contributed by atoms with Crippen molar-refractivity contribution in [1.29, 1.82) is 0 Å². The van der Waals surface area contributed by atoms with E-state index in [-0.39, 0.29) is 0 Å². The molecule has 2 unspecified atom stereocenters. The first-order valence-corrected chi connectivity index (χ1v) is 8.73. The zero-order valence-corrected chi connectivity index (χ0v) is 11.9. The van der Waals surface area contributed by atoms with Gasteiger partial charge in [-0.1, -0.05) is 32.1 Å². The molecule has 0 amide bonds. The quantitative estimate of drug-likeness (QED) is 0.570. The van der Waals surface area contributed by atoms with Crippen LogP contribution in [-0.2, 0) is 0 Å². The summed E-state index contributed by atoms with van der Waals surface area (Å²) in [5.74, 6) is 5.35. The van der Waals surface area contributed by atoms with Gasteiger partial charge in [0.05, 0.1) is 0 Å². The van der Waals surface area contributed by atoms with Crippen molar-refractivity contribution in [3.8, 4) is 0 Å². The van der Waals surface area contributed by atoms with Gasteiger partial charge >= 0.3 is 0 Å². The van der Waals surface area contributed by atoms with Gasteiger partial charge in [-0.2, -0.15) is 0 Å². The lowest BCUT2D eigenvalue weighted by Gasteiger charge is -2.43. The molecule has 2 atom stereocenters. The van der Waals surface area contributed by atoms with Crippen molar-refractivity contribution in [2.24, 2.45) is 23.2 Å². The minimum atomic E-state index is 0.821. The fourth-order valence-electron chi connectivity index (χ4n) is 6.45. The van der Waals surface area contributed by atoms with E-state index >= 15 is 0 Å². The van der Waals surface area contributed by atoms with Crippen LogP contribution in [0.1, 0.15) is 83.5 Å². The smallest absolute Gasteiger partial charge is 0.0204 e. The molecule has 0 heterocycles. The Kier molecular flexibility index (Phi) is 2.97. The first kappa shape index (κ1) is 11.8. The molecule has 101 valence electrons.